The number of hydrogen-bond donors (Lipinski definition) is 2. The lowest BCUT2D eigenvalue weighted by Gasteiger charge is -2.19. The van der Waals surface area contributed by atoms with Gasteiger partial charge in [-0.2, -0.15) is 0 Å². The first-order chi connectivity index (χ1) is 14.6. The average Bonchev–Trinajstić information content (AvgIpc) is 2.73. The highest BCUT2D eigenvalue weighted by Crippen LogP contribution is 2.24. The molecule has 0 radical (unpaired) electrons. The Morgan fingerprint density at radius 2 is 1.65 bits per heavy atom. The van der Waals surface area contributed by atoms with E-state index in [4.69, 9.17) is 9.47 Å². The number of ether oxygens (including phenoxy) is 2. The molecule has 2 N–H and O–H groups in total. The second kappa shape index (κ2) is 10.6. The Balaban J connectivity index is 1.85. The fourth-order valence-electron chi connectivity index (χ4n) is 2.75. The topological polar surface area (TPSA) is 93.7 Å². The molecule has 1 unspecified atom stereocenters. The third-order valence-corrected chi connectivity index (χ3v) is 4.53. The van der Waals surface area contributed by atoms with Crippen molar-refractivity contribution in [3.63, 3.8) is 0 Å². The quantitative estimate of drug-likeness (QED) is 0.628. The van der Waals surface area contributed by atoms with Gasteiger partial charge in [0.25, 0.3) is 11.8 Å². The number of carbonyl (C=O) groups is 3. The zero-order valence-electron chi connectivity index (χ0n) is 18.7. The lowest BCUT2D eigenvalue weighted by molar-refractivity contribution is -0.152. The largest absolute Gasteiger partial charge is 0.492 e. The van der Waals surface area contributed by atoms with Crippen LogP contribution in [-0.2, 0) is 19.7 Å². The van der Waals surface area contributed by atoms with Gasteiger partial charge in [-0.15, -0.1) is 0 Å². The summed E-state index contributed by atoms with van der Waals surface area (Å²) in [6, 6.07) is 14.2. The zero-order chi connectivity index (χ0) is 23.0. The molecular formula is C24H30N2O5. The predicted octanol–water partition coefficient (Wildman–Crippen LogP) is 3.68. The molecule has 2 rings (SSSR count). The molecular weight excluding hydrogens is 396 g/mol. The minimum absolute atomic E-state index is 0.0152. The van der Waals surface area contributed by atoms with E-state index in [0.717, 1.165) is 5.56 Å². The van der Waals surface area contributed by atoms with Crippen LogP contribution in [0.4, 0.5) is 5.69 Å². The van der Waals surface area contributed by atoms with Gasteiger partial charge in [0.2, 0.25) is 0 Å². The van der Waals surface area contributed by atoms with Crippen LogP contribution in [0.2, 0.25) is 0 Å². The first-order valence-corrected chi connectivity index (χ1v) is 10.2. The first kappa shape index (κ1) is 23.9. The first-order valence-electron chi connectivity index (χ1n) is 10.2. The van der Waals surface area contributed by atoms with Crippen LogP contribution < -0.4 is 15.4 Å². The molecule has 0 aliphatic rings. The molecule has 0 heterocycles. The lowest BCUT2D eigenvalue weighted by Crippen LogP contribution is -2.35. The van der Waals surface area contributed by atoms with Crippen LogP contribution >= 0.6 is 0 Å². The van der Waals surface area contributed by atoms with Crippen molar-refractivity contribution in [2.24, 2.45) is 0 Å². The summed E-state index contributed by atoms with van der Waals surface area (Å²) >= 11 is 0. The zero-order valence-corrected chi connectivity index (χ0v) is 18.7. The number of rotatable bonds is 8. The van der Waals surface area contributed by atoms with Crippen molar-refractivity contribution in [1.82, 2.24) is 5.32 Å². The number of benzene rings is 2. The van der Waals surface area contributed by atoms with Crippen LogP contribution in [-0.4, -0.2) is 37.0 Å². The van der Waals surface area contributed by atoms with Gasteiger partial charge in [0, 0.05) is 5.56 Å². The second-order valence-electron chi connectivity index (χ2n) is 8.06. The lowest BCUT2D eigenvalue weighted by atomic mass is 9.87. The molecule has 0 spiro atoms. The highest BCUT2D eigenvalue weighted by molar-refractivity contribution is 5.98. The van der Waals surface area contributed by atoms with Gasteiger partial charge < -0.3 is 20.1 Å². The summed E-state index contributed by atoms with van der Waals surface area (Å²) in [6.07, 6.45) is -1.04. The molecule has 0 bridgehead atoms. The minimum atomic E-state index is -1.04. The molecule has 2 aromatic rings. The molecule has 0 aromatic heterocycles. The number of anilines is 1. The Morgan fingerprint density at radius 3 is 2.26 bits per heavy atom. The Kier molecular flexibility index (Phi) is 8.19. The molecule has 0 aliphatic carbocycles. The monoisotopic (exact) mass is 426 g/mol. The van der Waals surface area contributed by atoms with Crippen molar-refractivity contribution in [2.75, 3.05) is 18.5 Å². The van der Waals surface area contributed by atoms with Crippen LogP contribution in [0.5, 0.6) is 5.75 Å². The van der Waals surface area contributed by atoms with Crippen molar-refractivity contribution in [1.29, 1.82) is 0 Å². The van der Waals surface area contributed by atoms with Crippen LogP contribution in [0, 0.1) is 0 Å². The van der Waals surface area contributed by atoms with Gasteiger partial charge in [0.1, 0.15) is 12.3 Å². The normalized spacial score (nSPS) is 11.9. The van der Waals surface area contributed by atoms with Crippen LogP contribution in [0.1, 0.15) is 50.5 Å². The molecule has 0 aliphatic heterocycles. The summed E-state index contributed by atoms with van der Waals surface area (Å²) in [5.74, 6) is -1.06. The van der Waals surface area contributed by atoms with E-state index in [0.29, 0.717) is 23.6 Å². The predicted molar refractivity (Wildman–Crippen MR) is 119 cm³/mol. The Bertz CT molecular complexity index is 916. The van der Waals surface area contributed by atoms with Gasteiger partial charge in [0.05, 0.1) is 12.3 Å². The minimum Gasteiger partial charge on any atom is -0.492 e. The maximum Gasteiger partial charge on any atom is 0.326 e. The molecule has 7 nitrogen and oxygen atoms in total. The van der Waals surface area contributed by atoms with Crippen molar-refractivity contribution < 1.29 is 23.9 Å². The average molecular weight is 427 g/mol. The highest BCUT2D eigenvalue weighted by Gasteiger charge is 2.20. The number of amides is 2. The van der Waals surface area contributed by atoms with Gasteiger partial charge in [-0.3, -0.25) is 14.4 Å². The van der Waals surface area contributed by atoms with Crippen molar-refractivity contribution in [3.8, 4) is 5.75 Å². The van der Waals surface area contributed by atoms with Crippen molar-refractivity contribution in [2.45, 2.75) is 46.1 Å². The summed E-state index contributed by atoms with van der Waals surface area (Å²) < 4.78 is 10.6. The molecule has 31 heavy (non-hydrogen) atoms. The molecule has 1 atom stereocenters. The molecule has 2 amide bonds. The van der Waals surface area contributed by atoms with E-state index in [1.807, 2.05) is 19.1 Å². The summed E-state index contributed by atoms with van der Waals surface area (Å²) in [4.78, 5) is 36.7. The summed E-state index contributed by atoms with van der Waals surface area (Å²) in [5.41, 5.74) is 2.02. The third kappa shape index (κ3) is 7.13. The maximum atomic E-state index is 12.3. The molecule has 0 fully saturated rings. The van der Waals surface area contributed by atoms with Gasteiger partial charge in [-0.05, 0) is 49.1 Å². The van der Waals surface area contributed by atoms with E-state index in [1.54, 1.807) is 36.4 Å². The molecule has 7 heteroatoms. The molecule has 166 valence electrons. The summed E-state index contributed by atoms with van der Waals surface area (Å²) in [7, 11) is 0. The Labute approximate surface area is 183 Å². The van der Waals surface area contributed by atoms with Gasteiger partial charge in [-0.25, -0.2) is 0 Å². The number of nitrogens with one attached hydrogen (secondary N) is 2. The Morgan fingerprint density at radius 1 is 1.00 bits per heavy atom. The number of hydrogen-bond acceptors (Lipinski definition) is 5. The van der Waals surface area contributed by atoms with Crippen molar-refractivity contribution in [3.05, 3.63) is 59.7 Å². The van der Waals surface area contributed by atoms with Crippen LogP contribution in [0.15, 0.2) is 48.5 Å². The number of carbonyl (C=O) groups excluding carboxylic acids is 3. The SMILES string of the molecule is CCOc1ccccc1NC(=O)C(C)OC(=O)CNC(=O)c1ccc(C(C)(C)C)cc1. The van der Waals surface area contributed by atoms with E-state index >= 15 is 0 Å². The standard InChI is InChI=1S/C24H30N2O5/c1-6-30-20-10-8-7-9-19(20)26-22(28)16(2)31-21(27)15-25-23(29)17-11-13-18(14-12-17)24(3,4)5/h7-14,16H,6,15H2,1-5H3,(H,25,29)(H,26,28). The van der Waals surface area contributed by atoms with Crippen LogP contribution in [0.3, 0.4) is 0 Å². The third-order valence-electron chi connectivity index (χ3n) is 4.53. The van der Waals surface area contributed by atoms with E-state index in [1.165, 1.54) is 6.92 Å². The van der Waals surface area contributed by atoms with E-state index in [2.05, 4.69) is 31.4 Å². The van der Waals surface area contributed by atoms with Crippen LogP contribution in [0.25, 0.3) is 0 Å². The van der Waals surface area contributed by atoms with E-state index < -0.39 is 18.0 Å². The van der Waals surface area contributed by atoms with E-state index in [9.17, 15) is 14.4 Å². The molecule has 2 aromatic carbocycles. The Hall–Kier alpha value is -3.35. The van der Waals surface area contributed by atoms with Crippen molar-refractivity contribution >= 4 is 23.5 Å². The van der Waals surface area contributed by atoms with Gasteiger partial charge in [-0.1, -0.05) is 45.0 Å². The summed E-state index contributed by atoms with van der Waals surface area (Å²) in [5, 5.41) is 5.19. The smallest absolute Gasteiger partial charge is 0.326 e. The maximum absolute atomic E-state index is 12.3. The second-order valence-corrected chi connectivity index (χ2v) is 8.06. The summed E-state index contributed by atoms with van der Waals surface area (Å²) in [6.45, 7) is 9.68. The molecule has 0 saturated heterocycles. The number of esters is 1. The molecule has 0 saturated carbocycles. The highest BCUT2D eigenvalue weighted by atomic mass is 16.5. The fourth-order valence-corrected chi connectivity index (χ4v) is 2.75. The van der Waals surface area contributed by atoms with E-state index in [-0.39, 0.29) is 17.9 Å². The fraction of sp³-hybridized carbons (Fsp3) is 0.375. The number of para-hydroxylation sites is 2. The van der Waals surface area contributed by atoms with Gasteiger partial charge >= 0.3 is 5.97 Å². The van der Waals surface area contributed by atoms with Gasteiger partial charge in [0.15, 0.2) is 6.10 Å².